The van der Waals surface area contributed by atoms with Crippen LogP contribution in [0, 0.1) is 13.8 Å². The fourth-order valence-electron chi connectivity index (χ4n) is 3.21. The molecule has 2 heterocycles. The van der Waals surface area contributed by atoms with Crippen LogP contribution in [0.15, 0.2) is 36.9 Å². The van der Waals surface area contributed by atoms with E-state index in [0.29, 0.717) is 42.2 Å². The zero-order chi connectivity index (χ0) is 21.5. The third kappa shape index (κ3) is 4.93. The van der Waals surface area contributed by atoms with Gasteiger partial charge in [-0.05, 0) is 30.5 Å². The van der Waals surface area contributed by atoms with Crippen LogP contribution in [0.4, 0.5) is 0 Å². The van der Waals surface area contributed by atoms with Gasteiger partial charge in [-0.15, -0.1) is 0 Å². The highest BCUT2D eigenvalue weighted by molar-refractivity contribution is 6.00. The second-order valence-electron chi connectivity index (χ2n) is 6.80. The van der Waals surface area contributed by atoms with E-state index in [1.165, 1.54) is 13.4 Å². The Kier molecular flexibility index (Phi) is 6.97. The smallest absolute Gasteiger partial charge is 0.340 e. The third-order valence-electron chi connectivity index (χ3n) is 4.75. The number of rotatable bonds is 9. The molecule has 0 fully saturated rings. The van der Waals surface area contributed by atoms with Crippen molar-refractivity contribution in [1.29, 1.82) is 0 Å². The number of aryl methyl sites for hydroxylation is 1. The largest absolute Gasteiger partial charge is 0.460 e. The van der Waals surface area contributed by atoms with E-state index < -0.39 is 5.97 Å². The van der Waals surface area contributed by atoms with Gasteiger partial charge >= 0.3 is 5.97 Å². The number of aromatic nitrogens is 4. The van der Waals surface area contributed by atoms with Crippen LogP contribution in [-0.4, -0.2) is 51.9 Å². The molecule has 2 N–H and O–H groups in total. The van der Waals surface area contributed by atoms with Gasteiger partial charge in [0.15, 0.2) is 0 Å². The maximum absolute atomic E-state index is 12.8. The van der Waals surface area contributed by atoms with Gasteiger partial charge in [-0.3, -0.25) is 4.79 Å². The van der Waals surface area contributed by atoms with E-state index >= 15 is 0 Å². The SMILES string of the molecule is COCCOC(=O)c1c(C)[nH]c(C(=O)NCc2ccccc2Cn2cncn2)c1C. The van der Waals surface area contributed by atoms with Crippen molar-refractivity contribution in [2.45, 2.75) is 26.9 Å². The summed E-state index contributed by atoms with van der Waals surface area (Å²) in [6.45, 7) is 4.84. The molecule has 9 nitrogen and oxygen atoms in total. The number of carbonyl (C=O) groups excluding carboxylic acids is 2. The Morgan fingerprint density at radius 2 is 1.93 bits per heavy atom. The first-order chi connectivity index (χ1) is 14.5. The summed E-state index contributed by atoms with van der Waals surface area (Å²) in [4.78, 5) is 32.1. The molecule has 0 unspecified atom stereocenters. The Labute approximate surface area is 174 Å². The molecular formula is C21H25N5O4. The van der Waals surface area contributed by atoms with Crippen molar-refractivity contribution in [2.24, 2.45) is 0 Å². The number of aromatic amines is 1. The van der Waals surface area contributed by atoms with Gasteiger partial charge in [0.1, 0.15) is 25.0 Å². The van der Waals surface area contributed by atoms with Crippen molar-refractivity contribution in [2.75, 3.05) is 20.3 Å². The summed E-state index contributed by atoms with van der Waals surface area (Å²) in [6, 6.07) is 7.81. The second-order valence-corrected chi connectivity index (χ2v) is 6.80. The summed E-state index contributed by atoms with van der Waals surface area (Å²) in [5.74, 6) is -0.766. The number of hydrogen-bond donors (Lipinski definition) is 2. The molecule has 0 spiro atoms. The highest BCUT2D eigenvalue weighted by atomic mass is 16.6. The van der Waals surface area contributed by atoms with Crippen molar-refractivity contribution in [3.8, 4) is 0 Å². The van der Waals surface area contributed by atoms with E-state index in [9.17, 15) is 9.59 Å². The monoisotopic (exact) mass is 411 g/mol. The van der Waals surface area contributed by atoms with Crippen LogP contribution in [0.25, 0.3) is 0 Å². The van der Waals surface area contributed by atoms with E-state index in [-0.39, 0.29) is 12.5 Å². The van der Waals surface area contributed by atoms with Crippen LogP contribution in [0.2, 0.25) is 0 Å². The quantitative estimate of drug-likeness (QED) is 0.412. The molecule has 0 atom stereocenters. The van der Waals surface area contributed by atoms with Crippen LogP contribution in [0.5, 0.6) is 0 Å². The standard InChI is InChI=1S/C21H25N5O4/c1-14-18(21(28)30-9-8-29-3)15(2)25-19(14)20(27)23-10-16-6-4-5-7-17(16)11-26-13-22-12-24-26/h4-7,12-13,25H,8-11H2,1-3H3,(H,23,27). The minimum Gasteiger partial charge on any atom is -0.460 e. The van der Waals surface area contributed by atoms with Crippen LogP contribution in [0.3, 0.4) is 0 Å². The van der Waals surface area contributed by atoms with Crippen LogP contribution in [-0.2, 0) is 22.6 Å². The number of nitrogens with zero attached hydrogens (tertiary/aromatic N) is 3. The number of ether oxygens (including phenoxy) is 2. The summed E-state index contributed by atoms with van der Waals surface area (Å²) in [7, 11) is 1.53. The van der Waals surface area contributed by atoms with Gasteiger partial charge in [-0.2, -0.15) is 5.10 Å². The second kappa shape index (κ2) is 9.84. The summed E-state index contributed by atoms with van der Waals surface area (Å²) in [6.07, 6.45) is 3.13. The first kappa shape index (κ1) is 21.3. The number of methoxy groups -OCH3 is 1. The Morgan fingerprint density at radius 3 is 2.63 bits per heavy atom. The Hall–Kier alpha value is -3.46. The van der Waals surface area contributed by atoms with E-state index in [1.54, 1.807) is 24.9 Å². The molecule has 9 heteroatoms. The summed E-state index contributed by atoms with van der Waals surface area (Å²) >= 11 is 0. The molecule has 1 amide bonds. The first-order valence-corrected chi connectivity index (χ1v) is 9.54. The molecular weight excluding hydrogens is 386 g/mol. The summed E-state index contributed by atoms with van der Waals surface area (Å²) in [5.41, 5.74) is 3.88. The molecule has 0 aliphatic rings. The van der Waals surface area contributed by atoms with Crippen LogP contribution >= 0.6 is 0 Å². The molecule has 0 bridgehead atoms. The van der Waals surface area contributed by atoms with Crippen molar-refractivity contribution in [3.63, 3.8) is 0 Å². The maximum atomic E-state index is 12.8. The summed E-state index contributed by atoms with van der Waals surface area (Å²) < 4.78 is 11.8. The topological polar surface area (TPSA) is 111 Å². The summed E-state index contributed by atoms with van der Waals surface area (Å²) in [5, 5.41) is 7.04. The molecule has 158 valence electrons. The van der Waals surface area contributed by atoms with Gasteiger partial charge in [0.25, 0.3) is 5.91 Å². The highest BCUT2D eigenvalue weighted by Gasteiger charge is 2.23. The van der Waals surface area contributed by atoms with Gasteiger partial charge in [0.2, 0.25) is 0 Å². The molecule has 2 aromatic heterocycles. The van der Waals surface area contributed by atoms with Gasteiger partial charge in [0.05, 0.1) is 18.7 Å². The van der Waals surface area contributed by atoms with Gasteiger partial charge in [0, 0.05) is 19.3 Å². The normalized spacial score (nSPS) is 10.8. The van der Waals surface area contributed by atoms with E-state index in [2.05, 4.69) is 20.4 Å². The Morgan fingerprint density at radius 1 is 1.17 bits per heavy atom. The number of H-pyrrole nitrogens is 1. The highest BCUT2D eigenvalue weighted by Crippen LogP contribution is 2.19. The van der Waals surface area contributed by atoms with E-state index in [1.807, 2.05) is 24.3 Å². The van der Waals surface area contributed by atoms with Crippen molar-refractivity contribution in [1.82, 2.24) is 25.1 Å². The number of carbonyl (C=O) groups is 2. The maximum Gasteiger partial charge on any atom is 0.340 e. The van der Waals surface area contributed by atoms with Crippen LogP contribution in [0.1, 0.15) is 43.2 Å². The average Bonchev–Trinajstić information content (AvgIpc) is 3.34. The number of hydrogen-bond acceptors (Lipinski definition) is 6. The van der Waals surface area contributed by atoms with E-state index in [0.717, 1.165) is 11.1 Å². The zero-order valence-electron chi connectivity index (χ0n) is 17.3. The number of esters is 1. The molecule has 3 rings (SSSR count). The minimum atomic E-state index is -0.476. The fourth-order valence-corrected chi connectivity index (χ4v) is 3.21. The first-order valence-electron chi connectivity index (χ1n) is 9.54. The van der Waals surface area contributed by atoms with Gasteiger partial charge in [-0.25, -0.2) is 14.5 Å². The molecule has 0 aliphatic carbocycles. The molecule has 3 aromatic rings. The third-order valence-corrected chi connectivity index (χ3v) is 4.75. The molecule has 30 heavy (non-hydrogen) atoms. The lowest BCUT2D eigenvalue weighted by molar-refractivity contribution is 0.0387. The molecule has 0 aliphatic heterocycles. The zero-order valence-corrected chi connectivity index (χ0v) is 17.3. The number of amides is 1. The van der Waals surface area contributed by atoms with Gasteiger partial charge in [-0.1, -0.05) is 24.3 Å². The van der Waals surface area contributed by atoms with Crippen molar-refractivity contribution in [3.05, 3.63) is 70.6 Å². The lowest BCUT2D eigenvalue weighted by atomic mass is 10.1. The Bertz CT molecular complexity index is 1010. The van der Waals surface area contributed by atoms with Crippen LogP contribution < -0.4 is 5.32 Å². The lowest BCUT2D eigenvalue weighted by Crippen LogP contribution is -2.25. The molecule has 0 saturated carbocycles. The van der Waals surface area contributed by atoms with Crippen molar-refractivity contribution < 1.29 is 19.1 Å². The predicted octanol–water partition coefficient (Wildman–Crippen LogP) is 2.00. The molecule has 0 radical (unpaired) electrons. The lowest BCUT2D eigenvalue weighted by Gasteiger charge is -2.11. The number of nitrogens with one attached hydrogen (secondary N) is 2. The number of benzene rings is 1. The van der Waals surface area contributed by atoms with Crippen molar-refractivity contribution >= 4 is 11.9 Å². The van der Waals surface area contributed by atoms with Gasteiger partial charge < -0.3 is 19.8 Å². The minimum absolute atomic E-state index is 0.156. The fraction of sp³-hybridized carbons (Fsp3) is 0.333. The molecule has 0 saturated heterocycles. The average molecular weight is 411 g/mol. The predicted molar refractivity (Wildman–Crippen MR) is 109 cm³/mol. The molecule has 1 aromatic carbocycles. The van der Waals surface area contributed by atoms with E-state index in [4.69, 9.17) is 9.47 Å². The Balaban J connectivity index is 1.69.